The first-order valence-electron chi connectivity index (χ1n) is 8.90. The molecule has 2 N–H and O–H groups in total. The first-order chi connectivity index (χ1) is 13.5. The molecule has 4 rings (SSSR count). The zero-order chi connectivity index (χ0) is 19.7. The predicted molar refractivity (Wildman–Crippen MR) is 97.3 cm³/mol. The summed E-state index contributed by atoms with van der Waals surface area (Å²) in [6.45, 7) is 2.02. The van der Waals surface area contributed by atoms with Gasteiger partial charge < -0.3 is 15.5 Å². The van der Waals surface area contributed by atoms with Crippen molar-refractivity contribution in [2.24, 2.45) is 4.99 Å². The molecule has 0 saturated carbocycles. The molecule has 0 spiro atoms. The molecule has 0 aliphatic carbocycles. The molecule has 1 aromatic carbocycles. The van der Waals surface area contributed by atoms with E-state index < -0.39 is 23.5 Å². The van der Waals surface area contributed by atoms with Gasteiger partial charge in [0.25, 0.3) is 5.91 Å². The molecule has 28 heavy (non-hydrogen) atoms. The zero-order valence-electron chi connectivity index (χ0n) is 14.9. The monoisotopic (exact) mass is 389 g/mol. The lowest BCUT2D eigenvalue weighted by molar-refractivity contribution is -0.117. The number of fused-ring (bicyclic) bond motifs is 1. The fourth-order valence-electron chi connectivity index (χ4n) is 3.32. The molecule has 0 radical (unpaired) electrons. The number of nitrogens with one attached hydrogen (secondary N) is 2. The van der Waals surface area contributed by atoms with Gasteiger partial charge in [-0.3, -0.25) is 9.79 Å². The second kappa shape index (κ2) is 7.59. The number of benzene rings is 1. The summed E-state index contributed by atoms with van der Waals surface area (Å²) < 4.78 is 39.7. The van der Waals surface area contributed by atoms with Crippen LogP contribution >= 0.6 is 0 Å². The Morgan fingerprint density at radius 3 is 2.79 bits per heavy atom. The molecule has 0 bridgehead atoms. The Balaban J connectivity index is 1.36. The molecule has 1 unspecified atom stereocenters. The van der Waals surface area contributed by atoms with Crippen LogP contribution in [0, 0.1) is 17.5 Å². The topological polar surface area (TPSA) is 69.6 Å². The quantitative estimate of drug-likeness (QED) is 0.785. The summed E-state index contributed by atoms with van der Waals surface area (Å²) in [6, 6.07) is 3.08. The molecule has 2 aliphatic rings. The number of carbonyl (C=O) groups is 1. The molecule has 1 atom stereocenters. The molecule has 6 nitrogen and oxygen atoms in total. The van der Waals surface area contributed by atoms with E-state index in [1.54, 1.807) is 11.1 Å². The minimum Gasteiger partial charge on any atom is -0.356 e. The highest BCUT2D eigenvalue weighted by atomic mass is 19.2. The van der Waals surface area contributed by atoms with Crippen LogP contribution in [0.4, 0.5) is 19.0 Å². The highest BCUT2D eigenvalue weighted by Crippen LogP contribution is 2.19. The highest BCUT2D eigenvalue weighted by Gasteiger charge is 2.25. The third kappa shape index (κ3) is 3.84. The third-order valence-electron chi connectivity index (χ3n) is 4.77. The Morgan fingerprint density at radius 2 is 2.00 bits per heavy atom. The summed E-state index contributed by atoms with van der Waals surface area (Å²) >= 11 is 0. The minimum atomic E-state index is -1.50. The van der Waals surface area contributed by atoms with E-state index in [0.717, 1.165) is 42.8 Å². The molecule has 2 aromatic rings. The van der Waals surface area contributed by atoms with Crippen LogP contribution in [0.15, 0.2) is 29.4 Å². The van der Waals surface area contributed by atoms with Gasteiger partial charge in [-0.15, -0.1) is 0 Å². The molecular formula is C19H18F3N5O. The number of anilines is 1. The van der Waals surface area contributed by atoms with Gasteiger partial charge in [0.15, 0.2) is 17.5 Å². The maximum Gasteiger partial charge on any atom is 0.252 e. The highest BCUT2D eigenvalue weighted by molar-refractivity contribution is 5.96. The van der Waals surface area contributed by atoms with Crippen molar-refractivity contribution in [2.75, 3.05) is 18.4 Å². The van der Waals surface area contributed by atoms with Crippen LogP contribution in [-0.4, -0.2) is 41.3 Å². The molecule has 1 amide bonds. The molecule has 146 valence electrons. The van der Waals surface area contributed by atoms with Crippen LogP contribution in [0.3, 0.4) is 0 Å². The van der Waals surface area contributed by atoms with Crippen molar-refractivity contribution < 1.29 is 18.0 Å². The van der Waals surface area contributed by atoms with Gasteiger partial charge >= 0.3 is 0 Å². The number of aromatic nitrogens is 1. The number of carbonyl (C=O) groups excluding carboxylic acids is 1. The van der Waals surface area contributed by atoms with Crippen LogP contribution in [0.5, 0.6) is 0 Å². The normalized spacial score (nSPS) is 18.2. The molecule has 0 fully saturated rings. The minimum absolute atomic E-state index is 0.117. The van der Waals surface area contributed by atoms with Crippen molar-refractivity contribution >= 4 is 18.1 Å². The Kier molecular flexibility index (Phi) is 4.99. The van der Waals surface area contributed by atoms with E-state index in [9.17, 15) is 18.0 Å². The fraction of sp³-hybridized carbons (Fsp3) is 0.316. The number of rotatable bonds is 4. The molecule has 3 heterocycles. The average molecular weight is 389 g/mol. The van der Waals surface area contributed by atoms with Crippen LogP contribution < -0.4 is 10.6 Å². The first-order valence-corrected chi connectivity index (χ1v) is 8.90. The number of aliphatic imine (C=N–C) groups is 1. The average Bonchev–Trinajstić information content (AvgIpc) is 3.14. The third-order valence-corrected chi connectivity index (χ3v) is 4.77. The van der Waals surface area contributed by atoms with Crippen LogP contribution in [0.25, 0.3) is 0 Å². The summed E-state index contributed by atoms with van der Waals surface area (Å²) in [6.07, 6.45) is 4.08. The molecule has 1 aromatic heterocycles. The standard InChI is InChI=1S/C19H18F3N5O/c20-14-3-11(4-15(21)18(14)22)8-27-9-16(25-10-27)19(28)26-17-5-12-1-2-23-6-13(12)7-24-17/h3-5,7,10,16,23H,1-2,6,8-9H2,(H,24,26,28). The lowest BCUT2D eigenvalue weighted by Gasteiger charge is -2.18. The van der Waals surface area contributed by atoms with Gasteiger partial charge in [0.2, 0.25) is 0 Å². The van der Waals surface area contributed by atoms with Crippen LogP contribution in [0.1, 0.15) is 16.7 Å². The van der Waals surface area contributed by atoms with Gasteiger partial charge in [-0.05, 0) is 47.9 Å². The molecule has 0 saturated heterocycles. The molecule has 2 aliphatic heterocycles. The van der Waals surface area contributed by atoms with Crippen LogP contribution in [-0.2, 0) is 24.3 Å². The van der Waals surface area contributed by atoms with Gasteiger partial charge in [-0.25, -0.2) is 18.2 Å². The van der Waals surface area contributed by atoms with Gasteiger partial charge in [0.05, 0.1) is 12.9 Å². The van der Waals surface area contributed by atoms with E-state index in [0.29, 0.717) is 5.82 Å². The molecule has 9 heteroatoms. The van der Waals surface area contributed by atoms with Gasteiger partial charge in [0, 0.05) is 19.3 Å². The first kappa shape index (κ1) is 18.4. The summed E-state index contributed by atoms with van der Waals surface area (Å²) in [5, 5.41) is 6.02. The SMILES string of the molecule is O=C(Nc1cc2c(cn1)CNCC2)C1CN(Cc2cc(F)c(F)c(F)c2)C=N1. The van der Waals surface area contributed by atoms with Crippen molar-refractivity contribution in [1.29, 1.82) is 0 Å². The lowest BCUT2D eigenvalue weighted by Crippen LogP contribution is -2.32. The van der Waals surface area contributed by atoms with E-state index in [1.165, 1.54) is 6.34 Å². The zero-order valence-corrected chi connectivity index (χ0v) is 14.9. The number of hydrogen-bond acceptors (Lipinski definition) is 5. The number of pyridine rings is 1. The number of nitrogens with zero attached hydrogens (tertiary/aromatic N) is 3. The van der Waals surface area contributed by atoms with Gasteiger partial charge in [-0.2, -0.15) is 0 Å². The largest absolute Gasteiger partial charge is 0.356 e. The summed E-state index contributed by atoms with van der Waals surface area (Å²) in [7, 11) is 0. The Bertz CT molecular complexity index is 926. The van der Waals surface area contributed by atoms with Crippen LogP contribution in [0.2, 0.25) is 0 Å². The van der Waals surface area contributed by atoms with E-state index in [-0.39, 0.29) is 24.6 Å². The Morgan fingerprint density at radius 1 is 1.21 bits per heavy atom. The van der Waals surface area contributed by atoms with Crippen molar-refractivity contribution in [1.82, 2.24) is 15.2 Å². The second-order valence-corrected chi connectivity index (χ2v) is 6.84. The number of halogens is 3. The van der Waals surface area contributed by atoms with E-state index in [1.807, 2.05) is 6.07 Å². The lowest BCUT2D eigenvalue weighted by atomic mass is 10.0. The predicted octanol–water partition coefficient (Wildman–Crippen LogP) is 2.00. The smallest absolute Gasteiger partial charge is 0.252 e. The summed E-state index contributed by atoms with van der Waals surface area (Å²) in [4.78, 5) is 22.5. The van der Waals surface area contributed by atoms with Crippen molar-refractivity contribution in [2.45, 2.75) is 25.6 Å². The second-order valence-electron chi connectivity index (χ2n) is 6.84. The Labute approximate surface area is 159 Å². The molecular weight excluding hydrogens is 371 g/mol. The van der Waals surface area contributed by atoms with Gasteiger partial charge in [0.1, 0.15) is 11.9 Å². The number of amides is 1. The maximum absolute atomic E-state index is 13.3. The van der Waals surface area contributed by atoms with E-state index in [4.69, 9.17) is 0 Å². The van der Waals surface area contributed by atoms with Gasteiger partial charge in [-0.1, -0.05) is 0 Å². The Hall–Kier alpha value is -2.94. The van der Waals surface area contributed by atoms with Crippen molar-refractivity contribution in [3.05, 3.63) is 58.5 Å². The van der Waals surface area contributed by atoms with Crippen molar-refractivity contribution in [3.63, 3.8) is 0 Å². The fourth-order valence-corrected chi connectivity index (χ4v) is 3.32. The maximum atomic E-state index is 13.3. The van der Waals surface area contributed by atoms with E-state index >= 15 is 0 Å². The van der Waals surface area contributed by atoms with Crippen molar-refractivity contribution in [3.8, 4) is 0 Å². The number of hydrogen-bond donors (Lipinski definition) is 2. The van der Waals surface area contributed by atoms with E-state index in [2.05, 4.69) is 20.6 Å². The summed E-state index contributed by atoms with van der Waals surface area (Å²) in [5.74, 6) is -3.81. The summed E-state index contributed by atoms with van der Waals surface area (Å²) in [5.41, 5.74) is 2.53.